The van der Waals surface area contributed by atoms with E-state index in [1.807, 2.05) is 4.68 Å². The first-order valence-electron chi connectivity index (χ1n) is 11.8. The highest BCUT2D eigenvalue weighted by Crippen LogP contribution is 2.42. The molecule has 6 rings (SSSR count). The molecule has 10 heteroatoms. The Morgan fingerprint density at radius 1 is 1.14 bits per heavy atom. The second-order valence-electron chi connectivity index (χ2n) is 9.06. The van der Waals surface area contributed by atoms with Gasteiger partial charge in [-0.1, -0.05) is 18.9 Å². The first-order chi connectivity index (χ1) is 17.4. The van der Waals surface area contributed by atoms with Crippen molar-refractivity contribution in [3.05, 3.63) is 57.0 Å². The zero-order chi connectivity index (χ0) is 25.0. The van der Waals surface area contributed by atoms with Crippen molar-refractivity contribution >= 4 is 39.0 Å². The number of benzene rings is 2. The van der Waals surface area contributed by atoms with Gasteiger partial charge in [0.2, 0.25) is 0 Å². The van der Waals surface area contributed by atoms with E-state index in [4.69, 9.17) is 19.6 Å². The number of hydrogen-bond donors (Lipinski definition) is 3. The topological polar surface area (TPSA) is 145 Å². The number of pyridine rings is 1. The molecule has 0 radical (unpaired) electrons. The van der Waals surface area contributed by atoms with Gasteiger partial charge in [-0.15, -0.1) is 0 Å². The molecular formula is C26H24N4O6. The largest absolute Gasteiger partial charge is 0.493 e. The summed E-state index contributed by atoms with van der Waals surface area (Å²) in [7, 11) is 1.49. The fourth-order valence-corrected chi connectivity index (χ4v) is 5.22. The van der Waals surface area contributed by atoms with E-state index in [-0.39, 0.29) is 23.6 Å². The van der Waals surface area contributed by atoms with Crippen LogP contribution >= 0.6 is 0 Å². The van der Waals surface area contributed by atoms with E-state index in [0.29, 0.717) is 50.3 Å². The molecule has 3 aromatic heterocycles. The van der Waals surface area contributed by atoms with Gasteiger partial charge in [-0.05, 0) is 42.7 Å². The minimum absolute atomic E-state index is 0.174. The molecule has 0 aliphatic heterocycles. The number of furan rings is 1. The number of primary amides is 1. The number of carbonyl (C=O) groups is 1. The molecule has 0 unspecified atom stereocenters. The van der Waals surface area contributed by atoms with Crippen LogP contribution in [0, 0.1) is 0 Å². The summed E-state index contributed by atoms with van der Waals surface area (Å²) in [6.07, 6.45) is 4.14. The van der Waals surface area contributed by atoms with Crippen LogP contribution in [0.25, 0.3) is 44.2 Å². The number of H-pyrrole nitrogens is 2. The number of aromatic nitrogens is 3. The number of nitrogens with two attached hydrogens (primary N) is 1. The van der Waals surface area contributed by atoms with Crippen LogP contribution < -0.4 is 26.2 Å². The maximum Gasteiger partial charge on any atom is 0.274 e. The van der Waals surface area contributed by atoms with Gasteiger partial charge in [-0.25, -0.2) is 0 Å². The smallest absolute Gasteiger partial charge is 0.274 e. The lowest BCUT2D eigenvalue weighted by molar-refractivity contribution is -0.119. The Kier molecular flexibility index (Phi) is 5.10. The Morgan fingerprint density at radius 3 is 2.69 bits per heavy atom. The van der Waals surface area contributed by atoms with E-state index in [9.17, 15) is 14.4 Å². The quantitative estimate of drug-likeness (QED) is 0.333. The van der Waals surface area contributed by atoms with Crippen molar-refractivity contribution in [3.8, 4) is 22.6 Å². The minimum atomic E-state index is -0.627. The lowest BCUT2D eigenvalue weighted by Crippen LogP contribution is -2.20. The van der Waals surface area contributed by atoms with Crippen LogP contribution in [0.2, 0.25) is 0 Å². The van der Waals surface area contributed by atoms with E-state index < -0.39 is 5.91 Å². The Hall–Kier alpha value is -4.47. The monoisotopic (exact) mass is 488 g/mol. The average Bonchev–Trinajstić information content (AvgIpc) is 3.59. The maximum atomic E-state index is 13.4. The third-order valence-electron chi connectivity index (χ3n) is 6.82. The van der Waals surface area contributed by atoms with Gasteiger partial charge >= 0.3 is 0 Å². The number of methoxy groups -OCH3 is 1. The van der Waals surface area contributed by atoms with E-state index >= 15 is 0 Å². The predicted octanol–water partition coefficient (Wildman–Crippen LogP) is 3.57. The molecule has 1 fully saturated rings. The summed E-state index contributed by atoms with van der Waals surface area (Å²) in [5.41, 5.74) is 8.19. The minimum Gasteiger partial charge on any atom is -0.493 e. The fraction of sp³-hybridized carbons (Fsp3) is 0.269. The number of nitrogens with zero attached hydrogens (tertiary/aromatic N) is 1. The van der Waals surface area contributed by atoms with Crippen LogP contribution in [-0.2, 0) is 4.79 Å². The average molecular weight is 489 g/mol. The normalized spacial score (nSPS) is 14.2. The molecule has 1 aliphatic rings. The highest BCUT2D eigenvalue weighted by Gasteiger charge is 2.26. The SMILES string of the molecule is COc1ccc(-c2c3oc4cc(=O)ccc4c3[nH]c3c2c(=O)[nH]n3C2CCCC2)cc1OCC(N)=O. The second-order valence-corrected chi connectivity index (χ2v) is 9.06. The first-order valence-corrected chi connectivity index (χ1v) is 11.8. The Morgan fingerprint density at radius 2 is 1.94 bits per heavy atom. The van der Waals surface area contributed by atoms with Gasteiger partial charge < -0.3 is 24.6 Å². The number of ether oxygens (including phenoxy) is 2. The summed E-state index contributed by atoms with van der Waals surface area (Å²) >= 11 is 0. The number of fused-ring (bicyclic) bond motifs is 4. The summed E-state index contributed by atoms with van der Waals surface area (Å²) in [5.74, 6) is 0.0814. The molecule has 1 amide bonds. The lowest BCUT2D eigenvalue weighted by Gasteiger charge is -2.14. The van der Waals surface area contributed by atoms with Gasteiger partial charge in [0.15, 0.2) is 29.1 Å². The van der Waals surface area contributed by atoms with E-state index in [1.54, 1.807) is 24.3 Å². The molecule has 1 saturated carbocycles. The first kappa shape index (κ1) is 22.0. The zero-order valence-electron chi connectivity index (χ0n) is 19.6. The van der Waals surface area contributed by atoms with Gasteiger partial charge in [-0.3, -0.25) is 24.2 Å². The molecule has 5 aromatic rings. The molecule has 4 N–H and O–H groups in total. The zero-order valence-corrected chi connectivity index (χ0v) is 19.6. The summed E-state index contributed by atoms with van der Waals surface area (Å²) in [6, 6.07) is 9.99. The van der Waals surface area contributed by atoms with E-state index in [2.05, 4.69) is 10.1 Å². The number of carbonyl (C=O) groups excluding carboxylic acids is 1. The standard InChI is InChI=1S/C26H24N4O6/c1-34-17-9-6-13(10-19(17)35-12-20(27)32)21-22-25(30(29-26(22)33)14-4-2-3-5-14)28-23-16-8-7-15(31)11-18(16)36-24(21)23/h6-11,14,28H,2-5,12H2,1H3,(H2,27,32)(H,29,33). The van der Waals surface area contributed by atoms with Crippen molar-refractivity contribution in [2.24, 2.45) is 5.73 Å². The van der Waals surface area contributed by atoms with Crippen LogP contribution in [0.5, 0.6) is 11.5 Å². The number of aromatic amines is 2. The summed E-state index contributed by atoms with van der Waals surface area (Å²) < 4.78 is 19.1. The number of rotatable bonds is 6. The van der Waals surface area contributed by atoms with Crippen LogP contribution in [0.15, 0.2) is 50.4 Å². The molecule has 36 heavy (non-hydrogen) atoms. The molecule has 0 saturated heterocycles. The maximum absolute atomic E-state index is 13.4. The van der Waals surface area contributed by atoms with Crippen molar-refractivity contribution in [3.63, 3.8) is 0 Å². The second kappa shape index (κ2) is 8.33. The molecule has 0 spiro atoms. The van der Waals surface area contributed by atoms with Crippen molar-refractivity contribution in [1.82, 2.24) is 14.8 Å². The third-order valence-corrected chi connectivity index (χ3v) is 6.82. The van der Waals surface area contributed by atoms with Gasteiger partial charge in [-0.2, -0.15) is 0 Å². The third kappa shape index (κ3) is 3.44. The molecular weight excluding hydrogens is 464 g/mol. The fourth-order valence-electron chi connectivity index (χ4n) is 5.22. The van der Waals surface area contributed by atoms with Crippen LogP contribution in [0.1, 0.15) is 31.7 Å². The van der Waals surface area contributed by atoms with Crippen molar-refractivity contribution in [2.45, 2.75) is 31.7 Å². The highest BCUT2D eigenvalue weighted by molar-refractivity contribution is 6.14. The molecule has 0 bridgehead atoms. The van der Waals surface area contributed by atoms with Gasteiger partial charge in [0, 0.05) is 17.0 Å². The van der Waals surface area contributed by atoms with E-state index in [0.717, 1.165) is 31.1 Å². The van der Waals surface area contributed by atoms with Gasteiger partial charge in [0.25, 0.3) is 11.5 Å². The van der Waals surface area contributed by atoms with Crippen molar-refractivity contribution < 1.29 is 18.7 Å². The van der Waals surface area contributed by atoms with Crippen LogP contribution in [0.3, 0.4) is 0 Å². The summed E-state index contributed by atoms with van der Waals surface area (Å²) in [6.45, 7) is -0.331. The molecule has 1 aliphatic carbocycles. The summed E-state index contributed by atoms with van der Waals surface area (Å²) in [4.78, 5) is 40.2. The van der Waals surface area contributed by atoms with Crippen molar-refractivity contribution in [2.75, 3.05) is 13.7 Å². The molecule has 3 heterocycles. The van der Waals surface area contributed by atoms with Gasteiger partial charge in [0.1, 0.15) is 11.2 Å². The van der Waals surface area contributed by atoms with Crippen molar-refractivity contribution in [1.29, 1.82) is 0 Å². The lowest BCUT2D eigenvalue weighted by atomic mass is 10.0. The molecule has 0 atom stereocenters. The molecule has 184 valence electrons. The predicted molar refractivity (Wildman–Crippen MR) is 135 cm³/mol. The summed E-state index contributed by atoms with van der Waals surface area (Å²) in [5, 5.41) is 4.19. The number of hydrogen-bond acceptors (Lipinski definition) is 6. The number of nitrogens with one attached hydrogen (secondary N) is 2. The number of amides is 1. The molecule has 10 nitrogen and oxygen atoms in total. The molecule has 2 aromatic carbocycles. The Labute approximate surface area is 203 Å². The van der Waals surface area contributed by atoms with Gasteiger partial charge in [0.05, 0.1) is 24.1 Å². The Balaban J connectivity index is 1.70. The van der Waals surface area contributed by atoms with Crippen LogP contribution in [0.4, 0.5) is 0 Å². The highest BCUT2D eigenvalue weighted by atomic mass is 16.5. The van der Waals surface area contributed by atoms with Crippen LogP contribution in [-0.4, -0.2) is 34.4 Å². The Bertz CT molecular complexity index is 1770. The van der Waals surface area contributed by atoms with E-state index in [1.165, 1.54) is 19.2 Å².